The number of halogens is 1. The van der Waals surface area contributed by atoms with Gasteiger partial charge >= 0.3 is 5.97 Å². The average Bonchev–Trinajstić information content (AvgIpc) is 2.46. The second-order valence-electron chi connectivity index (χ2n) is 4.11. The van der Waals surface area contributed by atoms with E-state index in [1.165, 1.54) is 18.2 Å². The van der Waals surface area contributed by atoms with Crippen molar-refractivity contribution in [3.63, 3.8) is 0 Å². The Hall–Kier alpha value is -2.32. The minimum atomic E-state index is -3.94. The number of aromatic nitrogens is 1. The molecule has 0 bridgehead atoms. The minimum absolute atomic E-state index is 0.122. The second-order valence-corrected chi connectivity index (χ2v) is 5.82. The van der Waals surface area contributed by atoms with E-state index in [1.807, 2.05) is 0 Å². The number of rotatable bonds is 5. The van der Waals surface area contributed by atoms with Crippen LogP contribution in [0.15, 0.2) is 47.6 Å². The first-order valence-electron chi connectivity index (χ1n) is 5.82. The molecule has 0 unspecified atom stereocenters. The van der Waals surface area contributed by atoms with Gasteiger partial charge in [-0.05, 0) is 18.2 Å². The molecule has 8 heteroatoms. The van der Waals surface area contributed by atoms with E-state index in [0.717, 1.165) is 18.3 Å². The van der Waals surface area contributed by atoms with E-state index in [-0.39, 0.29) is 22.7 Å². The van der Waals surface area contributed by atoms with Crippen LogP contribution in [-0.2, 0) is 16.6 Å². The van der Waals surface area contributed by atoms with Crippen molar-refractivity contribution < 1.29 is 22.7 Å². The molecule has 2 N–H and O–H groups in total. The molecule has 1 aromatic carbocycles. The lowest BCUT2D eigenvalue weighted by molar-refractivity contribution is 0.0696. The molecule has 6 nitrogen and oxygen atoms in total. The molecule has 0 fully saturated rings. The van der Waals surface area contributed by atoms with Gasteiger partial charge in [-0.1, -0.05) is 18.2 Å². The van der Waals surface area contributed by atoms with Gasteiger partial charge in [0.15, 0.2) is 5.03 Å². The first-order valence-corrected chi connectivity index (χ1v) is 7.31. The van der Waals surface area contributed by atoms with Crippen LogP contribution >= 0.6 is 0 Å². The van der Waals surface area contributed by atoms with E-state index in [2.05, 4.69) is 9.71 Å². The fraction of sp³-hybridized carbons (Fsp3) is 0.0769. The number of benzene rings is 1. The number of sulfonamides is 1. The van der Waals surface area contributed by atoms with Gasteiger partial charge in [-0.3, -0.25) is 0 Å². The van der Waals surface area contributed by atoms with Crippen molar-refractivity contribution in [2.75, 3.05) is 0 Å². The predicted octanol–water partition coefficient (Wildman–Crippen LogP) is 1.40. The third-order valence-electron chi connectivity index (χ3n) is 2.67. The molecule has 0 saturated heterocycles. The third kappa shape index (κ3) is 3.61. The molecule has 110 valence electrons. The van der Waals surface area contributed by atoms with E-state index in [9.17, 15) is 17.6 Å². The summed E-state index contributed by atoms with van der Waals surface area (Å²) in [6, 6.07) is 7.98. The summed E-state index contributed by atoms with van der Waals surface area (Å²) in [5, 5.41) is 8.38. The molecular formula is C13H11FN2O4S. The quantitative estimate of drug-likeness (QED) is 0.870. The Balaban J connectivity index is 2.15. The van der Waals surface area contributed by atoms with Crippen molar-refractivity contribution in [1.29, 1.82) is 0 Å². The zero-order chi connectivity index (χ0) is 15.5. The number of carboxylic acids is 1. The van der Waals surface area contributed by atoms with Crippen molar-refractivity contribution in [3.8, 4) is 0 Å². The predicted molar refractivity (Wildman–Crippen MR) is 71.6 cm³/mol. The highest BCUT2D eigenvalue weighted by Gasteiger charge is 2.17. The lowest BCUT2D eigenvalue weighted by atomic mass is 10.2. The van der Waals surface area contributed by atoms with Crippen molar-refractivity contribution >= 4 is 16.0 Å². The van der Waals surface area contributed by atoms with E-state index in [0.29, 0.717) is 0 Å². The molecule has 0 radical (unpaired) electrons. The summed E-state index contributed by atoms with van der Waals surface area (Å²) in [6.07, 6.45) is 0.944. The molecular weight excluding hydrogens is 299 g/mol. The zero-order valence-electron chi connectivity index (χ0n) is 10.7. The summed E-state index contributed by atoms with van der Waals surface area (Å²) in [4.78, 5) is 14.2. The number of nitrogens with one attached hydrogen (secondary N) is 1. The smallest absolute Gasteiger partial charge is 0.337 e. The number of carbonyl (C=O) groups is 1. The van der Waals surface area contributed by atoms with Crippen LogP contribution in [0.4, 0.5) is 4.39 Å². The van der Waals surface area contributed by atoms with E-state index in [1.54, 1.807) is 6.07 Å². The van der Waals surface area contributed by atoms with Gasteiger partial charge in [0.2, 0.25) is 0 Å². The summed E-state index contributed by atoms with van der Waals surface area (Å²) in [5.41, 5.74) is 0.0753. The maximum atomic E-state index is 13.4. The van der Waals surface area contributed by atoms with E-state index in [4.69, 9.17) is 5.11 Å². The third-order valence-corrected chi connectivity index (χ3v) is 3.99. The maximum Gasteiger partial charge on any atom is 0.337 e. The van der Waals surface area contributed by atoms with Gasteiger partial charge in [0.25, 0.3) is 10.0 Å². The van der Waals surface area contributed by atoms with Crippen LogP contribution in [0.1, 0.15) is 15.9 Å². The Labute approximate surface area is 120 Å². The lowest BCUT2D eigenvalue weighted by Crippen LogP contribution is -2.24. The minimum Gasteiger partial charge on any atom is -0.478 e. The van der Waals surface area contributed by atoms with Crippen LogP contribution in [-0.4, -0.2) is 24.5 Å². The highest BCUT2D eigenvalue weighted by Crippen LogP contribution is 2.10. The van der Waals surface area contributed by atoms with E-state index < -0.39 is 21.8 Å². The highest BCUT2D eigenvalue weighted by atomic mass is 32.2. The molecule has 2 rings (SSSR count). The Kier molecular flexibility index (Phi) is 4.29. The molecule has 0 saturated carbocycles. The summed E-state index contributed by atoms with van der Waals surface area (Å²) in [6.45, 7) is -0.225. The summed E-state index contributed by atoms with van der Waals surface area (Å²) in [7, 11) is -3.94. The van der Waals surface area contributed by atoms with Gasteiger partial charge in [-0.2, -0.15) is 0 Å². The average molecular weight is 310 g/mol. The monoisotopic (exact) mass is 310 g/mol. The Morgan fingerprint density at radius 3 is 2.52 bits per heavy atom. The topological polar surface area (TPSA) is 96.4 Å². The number of hydrogen-bond donors (Lipinski definition) is 2. The van der Waals surface area contributed by atoms with Gasteiger partial charge in [0, 0.05) is 18.3 Å². The van der Waals surface area contributed by atoms with Crippen molar-refractivity contribution in [2.24, 2.45) is 0 Å². The van der Waals surface area contributed by atoms with Crippen molar-refractivity contribution in [1.82, 2.24) is 9.71 Å². The van der Waals surface area contributed by atoms with Gasteiger partial charge in [-0.15, -0.1) is 0 Å². The Bertz CT molecular complexity index is 760. The number of hydrogen-bond acceptors (Lipinski definition) is 4. The Morgan fingerprint density at radius 2 is 1.95 bits per heavy atom. The molecule has 0 aliphatic rings. The molecule has 1 aromatic heterocycles. The number of nitrogens with zero attached hydrogens (tertiary/aromatic N) is 1. The van der Waals surface area contributed by atoms with Gasteiger partial charge in [-0.25, -0.2) is 27.3 Å². The van der Waals surface area contributed by atoms with Crippen LogP contribution < -0.4 is 4.72 Å². The summed E-state index contributed by atoms with van der Waals surface area (Å²) < 4.78 is 39.5. The molecule has 0 amide bonds. The first kappa shape index (κ1) is 15.1. The maximum absolute atomic E-state index is 13.4. The van der Waals surface area contributed by atoms with E-state index >= 15 is 0 Å². The lowest BCUT2D eigenvalue weighted by Gasteiger charge is -2.07. The number of aromatic carboxylic acids is 1. The van der Waals surface area contributed by atoms with Crippen LogP contribution in [0.3, 0.4) is 0 Å². The SMILES string of the molecule is O=C(O)c1ccc(S(=O)(=O)NCc2ccccc2F)nc1. The molecule has 0 atom stereocenters. The van der Waals surface area contributed by atoms with Gasteiger partial charge in [0.05, 0.1) is 5.56 Å². The zero-order valence-corrected chi connectivity index (χ0v) is 11.5. The second kappa shape index (κ2) is 5.98. The van der Waals surface area contributed by atoms with Crippen LogP contribution in [0.25, 0.3) is 0 Å². The van der Waals surface area contributed by atoms with Crippen LogP contribution in [0, 0.1) is 5.82 Å². The fourth-order valence-corrected chi connectivity index (χ4v) is 2.49. The molecule has 0 spiro atoms. The van der Waals surface area contributed by atoms with Crippen LogP contribution in [0.5, 0.6) is 0 Å². The summed E-state index contributed by atoms with van der Waals surface area (Å²) >= 11 is 0. The van der Waals surface area contributed by atoms with Crippen LogP contribution in [0.2, 0.25) is 0 Å². The number of carboxylic acid groups (broad SMARTS) is 1. The van der Waals surface area contributed by atoms with Gasteiger partial charge < -0.3 is 5.11 Å². The standard InChI is InChI=1S/C13H11FN2O4S/c14-11-4-2-1-3-9(11)8-16-21(19,20)12-6-5-10(7-15-12)13(17)18/h1-7,16H,8H2,(H,17,18). The molecule has 0 aliphatic carbocycles. The van der Waals surface area contributed by atoms with Crippen molar-refractivity contribution in [3.05, 3.63) is 59.5 Å². The van der Waals surface area contributed by atoms with Gasteiger partial charge in [0.1, 0.15) is 5.82 Å². The molecule has 21 heavy (non-hydrogen) atoms. The normalized spacial score (nSPS) is 11.3. The molecule has 2 aromatic rings. The Morgan fingerprint density at radius 1 is 1.24 bits per heavy atom. The fourth-order valence-electron chi connectivity index (χ4n) is 1.55. The molecule has 0 aliphatic heterocycles. The summed E-state index contributed by atoms with van der Waals surface area (Å²) in [5.74, 6) is -1.72. The van der Waals surface area contributed by atoms with Crippen molar-refractivity contribution in [2.45, 2.75) is 11.6 Å². The molecule has 1 heterocycles. The highest BCUT2D eigenvalue weighted by molar-refractivity contribution is 7.89. The first-order chi connectivity index (χ1) is 9.90. The number of pyridine rings is 1. The largest absolute Gasteiger partial charge is 0.478 e.